The summed E-state index contributed by atoms with van der Waals surface area (Å²) in [5.74, 6) is -0.550. The minimum absolute atomic E-state index is 0.112. The summed E-state index contributed by atoms with van der Waals surface area (Å²) in [4.78, 5) is 30.5. The van der Waals surface area contributed by atoms with E-state index in [2.05, 4.69) is 39.0 Å². The van der Waals surface area contributed by atoms with Crippen molar-refractivity contribution < 1.29 is 23.3 Å². The van der Waals surface area contributed by atoms with Gasteiger partial charge in [0.05, 0.1) is 6.04 Å². The van der Waals surface area contributed by atoms with Crippen molar-refractivity contribution in [2.45, 2.75) is 76.9 Å². The molecule has 0 aliphatic heterocycles. The van der Waals surface area contributed by atoms with Gasteiger partial charge >= 0.3 is 0 Å². The Morgan fingerprint density at radius 2 is 1.83 bits per heavy atom. The lowest BCUT2D eigenvalue weighted by atomic mass is 9.63. The maximum absolute atomic E-state index is 14.5. The minimum Gasteiger partial charge on any atom is -0.470 e. The van der Waals surface area contributed by atoms with Gasteiger partial charge in [0.15, 0.2) is 25.5 Å². The Kier molecular flexibility index (Phi) is 6.92. The van der Waals surface area contributed by atoms with Gasteiger partial charge in [-0.05, 0) is 61.9 Å². The van der Waals surface area contributed by atoms with Crippen LogP contribution in [0.15, 0.2) is 46.5 Å². The highest BCUT2D eigenvalue weighted by Crippen LogP contribution is 2.54. The molecule has 1 heterocycles. The Morgan fingerprint density at radius 3 is 2.42 bits per heavy atom. The van der Waals surface area contributed by atoms with Crippen LogP contribution in [0, 0.1) is 5.92 Å². The summed E-state index contributed by atoms with van der Waals surface area (Å²) in [7, 11) is 1.31. The molecule has 0 saturated heterocycles. The van der Waals surface area contributed by atoms with Gasteiger partial charge in [0.1, 0.15) is 12.2 Å². The molecule has 7 nitrogen and oxygen atoms in total. The summed E-state index contributed by atoms with van der Waals surface area (Å²) in [6, 6.07) is 9.29. The largest absolute Gasteiger partial charge is 0.470 e. The first-order chi connectivity index (χ1) is 16.8. The standard InChI is InChI=1S/C28H38N2O5Si/c1-9-18-15-20-23(30(5)6)24-22(26(29-34-24)33-17-19-13-11-10-12-14-19)25(32)28(20,21(31)16-18)35-36(7,8)27(2,3)4/h10-14,16,20,23H,9,15,17H2,1-8H3/t20-,23-,28-/m0/s1. The van der Waals surface area contributed by atoms with E-state index < -0.39 is 25.6 Å². The van der Waals surface area contributed by atoms with Crippen LogP contribution >= 0.6 is 0 Å². The van der Waals surface area contributed by atoms with Gasteiger partial charge in [0.2, 0.25) is 5.78 Å². The van der Waals surface area contributed by atoms with Gasteiger partial charge in [-0.3, -0.25) is 14.5 Å². The van der Waals surface area contributed by atoms with E-state index in [-0.39, 0.29) is 34.9 Å². The molecule has 36 heavy (non-hydrogen) atoms. The number of ether oxygens (including phenoxy) is 1. The number of allylic oxidation sites excluding steroid dienone is 1. The Balaban J connectivity index is 1.87. The number of rotatable bonds is 7. The zero-order valence-corrected chi connectivity index (χ0v) is 23.7. The van der Waals surface area contributed by atoms with Crippen LogP contribution in [-0.2, 0) is 15.8 Å². The van der Waals surface area contributed by atoms with Crippen LogP contribution in [0.2, 0.25) is 18.1 Å². The lowest BCUT2D eigenvalue weighted by Gasteiger charge is -2.52. The summed E-state index contributed by atoms with van der Waals surface area (Å²) < 4.78 is 18.7. The number of benzene rings is 1. The lowest BCUT2D eigenvalue weighted by molar-refractivity contribution is -0.135. The molecule has 2 aliphatic carbocycles. The van der Waals surface area contributed by atoms with Gasteiger partial charge in [0, 0.05) is 5.92 Å². The van der Waals surface area contributed by atoms with E-state index in [0.717, 1.165) is 17.6 Å². The number of fused-ring (bicyclic) bond motifs is 2. The summed E-state index contributed by atoms with van der Waals surface area (Å²) in [6.07, 6.45) is 2.95. The SMILES string of the molecule is CCC1=CC(=O)[C@]2(O[Si](C)(C)C(C)(C)C)C(=O)c3c(OCc4ccccc4)noc3[C@@H](N(C)C)[C@@H]2C1. The molecular formula is C28H38N2O5Si. The molecule has 3 atom stereocenters. The molecule has 0 fully saturated rings. The van der Waals surface area contributed by atoms with Crippen molar-refractivity contribution >= 4 is 19.9 Å². The summed E-state index contributed by atoms with van der Waals surface area (Å²) >= 11 is 0. The van der Waals surface area contributed by atoms with Crippen LogP contribution in [0.3, 0.4) is 0 Å². The van der Waals surface area contributed by atoms with E-state index in [1.54, 1.807) is 6.08 Å². The number of nitrogens with zero attached hydrogens (tertiary/aromatic N) is 2. The molecule has 2 aromatic rings. The molecule has 4 rings (SSSR count). The van der Waals surface area contributed by atoms with Crippen LogP contribution < -0.4 is 4.74 Å². The van der Waals surface area contributed by atoms with Gasteiger partial charge in [0.25, 0.3) is 5.88 Å². The van der Waals surface area contributed by atoms with Crippen LogP contribution in [0.1, 0.15) is 68.3 Å². The van der Waals surface area contributed by atoms with Crippen molar-refractivity contribution in [1.29, 1.82) is 0 Å². The topological polar surface area (TPSA) is 81.9 Å². The van der Waals surface area contributed by atoms with Gasteiger partial charge in [-0.2, -0.15) is 0 Å². The van der Waals surface area contributed by atoms with Crippen molar-refractivity contribution in [3.8, 4) is 5.88 Å². The van der Waals surface area contributed by atoms with Crippen LogP contribution in [0.4, 0.5) is 0 Å². The van der Waals surface area contributed by atoms with Gasteiger partial charge in [-0.15, -0.1) is 0 Å². The second-order valence-corrected chi connectivity index (χ2v) is 16.4. The Bertz CT molecular complexity index is 1180. The number of hydrogen-bond donors (Lipinski definition) is 0. The fourth-order valence-electron chi connectivity index (χ4n) is 5.03. The van der Waals surface area contributed by atoms with E-state index in [4.69, 9.17) is 13.7 Å². The van der Waals surface area contributed by atoms with E-state index in [9.17, 15) is 9.59 Å². The van der Waals surface area contributed by atoms with Crippen molar-refractivity contribution in [3.05, 3.63) is 58.9 Å². The van der Waals surface area contributed by atoms with E-state index in [1.165, 1.54) is 0 Å². The molecule has 0 bridgehead atoms. The molecule has 0 N–H and O–H groups in total. The number of aromatic nitrogens is 1. The third-order valence-electron chi connectivity index (χ3n) is 8.06. The van der Waals surface area contributed by atoms with Crippen LogP contribution in [-0.4, -0.2) is 49.6 Å². The third-order valence-corrected chi connectivity index (χ3v) is 12.5. The Hall–Kier alpha value is -2.55. The highest BCUT2D eigenvalue weighted by Gasteiger charge is 2.65. The van der Waals surface area contributed by atoms with E-state index in [0.29, 0.717) is 12.2 Å². The average Bonchev–Trinajstić information content (AvgIpc) is 3.22. The molecule has 8 heteroatoms. The van der Waals surface area contributed by atoms with Crippen LogP contribution in [0.25, 0.3) is 0 Å². The maximum Gasteiger partial charge on any atom is 0.265 e. The zero-order valence-electron chi connectivity index (χ0n) is 22.7. The molecule has 1 aromatic heterocycles. The molecule has 1 aromatic carbocycles. The summed E-state index contributed by atoms with van der Waals surface area (Å²) in [5, 5.41) is 3.98. The first-order valence-corrected chi connectivity index (χ1v) is 15.6. The predicted molar refractivity (Wildman–Crippen MR) is 141 cm³/mol. The van der Waals surface area contributed by atoms with E-state index in [1.807, 2.05) is 56.3 Å². The number of carbonyl (C=O) groups is 2. The molecule has 0 spiro atoms. The quantitative estimate of drug-likeness (QED) is 0.347. The van der Waals surface area contributed by atoms with Crippen molar-refractivity contribution in [2.24, 2.45) is 5.92 Å². The molecule has 0 amide bonds. The van der Waals surface area contributed by atoms with E-state index >= 15 is 0 Å². The highest BCUT2D eigenvalue weighted by atomic mass is 28.4. The predicted octanol–water partition coefficient (Wildman–Crippen LogP) is 5.74. The van der Waals surface area contributed by atoms with Crippen molar-refractivity contribution in [3.63, 3.8) is 0 Å². The minimum atomic E-state index is -2.56. The van der Waals surface area contributed by atoms with Gasteiger partial charge in [-0.25, -0.2) is 0 Å². The first-order valence-electron chi connectivity index (χ1n) is 12.6. The Labute approximate surface area is 215 Å². The first kappa shape index (κ1) is 26.5. The molecule has 194 valence electrons. The van der Waals surface area contributed by atoms with Crippen molar-refractivity contribution in [1.82, 2.24) is 10.1 Å². The Morgan fingerprint density at radius 1 is 1.17 bits per heavy atom. The number of ketones is 2. The fourth-order valence-corrected chi connectivity index (χ4v) is 6.49. The summed E-state index contributed by atoms with van der Waals surface area (Å²) in [5.41, 5.74) is 0.542. The number of carbonyl (C=O) groups excluding carboxylic acids is 2. The molecule has 2 aliphatic rings. The monoisotopic (exact) mass is 510 g/mol. The second-order valence-electron chi connectivity index (χ2n) is 11.7. The second kappa shape index (κ2) is 9.39. The number of Topliss-reactive ketones (excluding diaryl/α,β-unsaturated/α-hetero) is 1. The number of hydrogen-bond acceptors (Lipinski definition) is 7. The van der Waals surface area contributed by atoms with Gasteiger partial charge < -0.3 is 13.7 Å². The van der Waals surface area contributed by atoms with Gasteiger partial charge in [-0.1, -0.05) is 63.6 Å². The average molecular weight is 511 g/mol. The molecule has 0 radical (unpaired) electrons. The molecule has 0 unspecified atom stereocenters. The normalized spacial score (nSPS) is 24.4. The lowest BCUT2D eigenvalue weighted by Crippen LogP contribution is -2.66. The molecular weight excluding hydrogens is 472 g/mol. The maximum atomic E-state index is 14.5. The smallest absolute Gasteiger partial charge is 0.265 e. The third kappa shape index (κ3) is 4.29. The van der Waals surface area contributed by atoms with Crippen molar-refractivity contribution in [2.75, 3.05) is 14.1 Å². The fraction of sp³-hybridized carbons (Fsp3) is 0.536. The summed E-state index contributed by atoms with van der Waals surface area (Å²) in [6.45, 7) is 12.8. The van der Waals surface area contributed by atoms with Crippen LogP contribution in [0.5, 0.6) is 5.88 Å². The molecule has 0 saturated carbocycles. The highest BCUT2D eigenvalue weighted by molar-refractivity contribution is 6.74. The zero-order chi connectivity index (χ0) is 26.5.